The highest BCUT2D eigenvalue weighted by Gasteiger charge is 2.46. The lowest BCUT2D eigenvalue weighted by atomic mass is 9.68. The zero-order chi connectivity index (χ0) is 19.8. The number of hydrogen-bond donors (Lipinski definition) is 2. The number of halogens is 4. The van der Waals surface area contributed by atoms with Gasteiger partial charge in [0.2, 0.25) is 0 Å². The van der Waals surface area contributed by atoms with Crippen LogP contribution in [0.15, 0.2) is 22.6 Å². The number of alkyl halides is 3. The van der Waals surface area contributed by atoms with Crippen LogP contribution in [0.25, 0.3) is 11.1 Å². The first-order chi connectivity index (χ1) is 12.6. The van der Waals surface area contributed by atoms with E-state index in [4.69, 9.17) is 31.7 Å². The number of aliphatic carboxylic acids is 1. The van der Waals surface area contributed by atoms with Crippen molar-refractivity contribution in [2.75, 3.05) is 18.0 Å². The summed E-state index contributed by atoms with van der Waals surface area (Å²) >= 11 is 5.98. The summed E-state index contributed by atoms with van der Waals surface area (Å²) in [6, 6.07) is 6.69. The molecule has 2 heterocycles. The lowest BCUT2D eigenvalue weighted by molar-refractivity contribution is -0.192. The van der Waals surface area contributed by atoms with Crippen molar-refractivity contribution in [3.63, 3.8) is 0 Å². The summed E-state index contributed by atoms with van der Waals surface area (Å²) in [5, 5.41) is 7.82. The Morgan fingerprint density at radius 1 is 1.33 bits per heavy atom. The molecular formula is C17H19ClF3N3O3. The summed E-state index contributed by atoms with van der Waals surface area (Å²) < 4.78 is 37.5. The van der Waals surface area contributed by atoms with Crippen LogP contribution in [0.4, 0.5) is 19.2 Å². The highest BCUT2D eigenvalue weighted by Crippen LogP contribution is 2.45. The molecule has 27 heavy (non-hydrogen) atoms. The van der Waals surface area contributed by atoms with Crippen LogP contribution < -0.4 is 10.6 Å². The van der Waals surface area contributed by atoms with Crippen LogP contribution in [0.2, 0.25) is 5.02 Å². The number of nitrogens with zero attached hydrogens (tertiary/aromatic N) is 2. The first kappa shape index (κ1) is 19.8. The maximum Gasteiger partial charge on any atom is 0.490 e. The van der Waals surface area contributed by atoms with Crippen LogP contribution in [0.3, 0.4) is 0 Å². The summed E-state index contributed by atoms with van der Waals surface area (Å²) in [6.45, 7) is 2.08. The molecule has 3 N–H and O–H groups in total. The van der Waals surface area contributed by atoms with Crippen molar-refractivity contribution in [1.82, 2.24) is 4.98 Å². The number of nitrogens with two attached hydrogens (primary N) is 1. The molecule has 1 aromatic heterocycles. The highest BCUT2D eigenvalue weighted by molar-refractivity contribution is 6.31. The van der Waals surface area contributed by atoms with Gasteiger partial charge in [0, 0.05) is 29.6 Å². The molecule has 0 unspecified atom stereocenters. The summed E-state index contributed by atoms with van der Waals surface area (Å²) in [4.78, 5) is 15.7. The number of oxazole rings is 1. The molecule has 1 saturated heterocycles. The quantitative estimate of drug-likeness (QED) is 0.749. The Morgan fingerprint density at radius 3 is 2.48 bits per heavy atom. The topological polar surface area (TPSA) is 92.6 Å². The Hall–Kier alpha value is -2.00. The average molecular weight is 406 g/mol. The van der Waals surface area contributed by atoms with E-state index < -0.39 is 12.1 Å². The van der Waals surface area contributed by atoms with E-state index in [9.17, 15) is 13.2 Å². The molecule has 1 spiro atoms. The second kappa shape index (κ2) is 7.20. The Bertz CT molecular complexity index is 824. The van der Waals surface area contributed by atoms with E-state index >= 15 is 0 Å². The average Bonchev–Trinajstić information content (AvgIpc) is 2.96. The molecule has 0 radical (unpaired) electrons. The van der Waals surface area contributed by atoms with Gasteiger partial charge >= 0.3 is 12.1 Å². The normalized spacial score (nSPS) is 19.5. The van der Waals surface area contributed by atoms with Gasteiger partial charge in [-0.05, 0) is 43.9 Å². The molecule has 1 aliphatic carbocycles. The number of carboxylic acids is 1. The molecule has 1 aromatic carbocycles. The minimum absolute atomic E-state index is 0.404. The van der Waals surface area contributed by atoms with Crippen LogP contribution in [0, 0.1) is 5.41 Å². The number of anilines is 1. The van der Waals surface area contributed by atoms with Gasteiger partial charge in [-0.1, -0.05) is 11.6 Å². The van der Waals surface area contributed by atoms with Crippen LogP contribution in [0.5, 0.6) is 0 Å². The highest BCUT2D eigenvalue weighted by atomic mass is 35.5. The third-order valence-corrected chi connectivity index (χ3v) is 5.23. The van der Waals surface area contributed by atoms with Crippen LogP contribution in [0.1, 0.15) is 25.7 Å². The number of fused-ring (bicyclic) bond motifs is 1. The molecule has 2 aromatic rings. The number of aromatic nitrogens is 1. The largest absolute Gasteiger partial charge is 0.490 e. The van der Waals surface area contributed by atoms with Gasteiger partial charge in [0.15, 0.2) is 5.58 Å². The summed E-state index contributed by atoms with van der Waals surface area (Å²) in [5.74, 6) is -2.76. The van der Waals surface area contributed by atoms with E-state index in [1.807, 2.05) is 18.2 Å². The van der Waals surface area contributed by atoms with E-state index in [1.54, 1.807) is 0 Å². The molecule has 148 valence electrons. The predicted octanol–water partition coefficient (Wildman–Crippen LogP) is 3.82. The Morgan fingerprint density at radius 2 is 1.93 bits per heavy atom. The maximum absolute atomic E-state index is 10.6. The molecule has 2 aliphatic rings. The summed E-state index contributed by atoms with van der Waals surface area (Å²) in [6.07, 6.45) is -0.318. The van der Waals surface area contributed by atoms with Crippen molar-refractivity contribution in [3.8, 4) is 0 Å². The zero-order valence-electron chi connectivity index (χ0n) is 14.3. The van der Waals surface area contributed by atoms with Gasteiger partial charge in [0.05, 0.1) is 0 Å². The summed E-state index contributed by atoms with van der Waals surface area (Å²) in [5.41, 5.74) is 8.08. The molecule has 0 amide bonds. The van der Waals surface area contributed by atoms with Gasteiger partial charge in [-0.2, -0.15) is 18.2 Å². The van der Waals surface area contributed by atoms with Gasteiger partial charge in [-0.3, -0.25) is 0 Å². The van der Waals surface area contributed by atoms with E-state index in [-0.39, 0.29) is 0 Å². The van der Waals surface area contributed by atoms with Gasteiger partial charge in [-0.25, -0.2) is 4.79 Å². The van der Waals surface area contributed by atoms with Crippen molar-refractivity contribution < 1.29 is 27.5 Å². The molecule has 6 nitrogen and oxygen atoms in total. The van der Waals surface area contributed by atoms with Crippen LogP contribution in [-0.4, -0.2) is 41.4 Å². The maximum atomic E-state index is 10.6. The van der Waals surface area contributed by atoms with E-state index in [2.05, 4.69) is 9.88 Å². The third-order valence-electron chi connectivity index (χ3n) is 4.99. The number of carboxylic acid groups (broad SMARTS) is 1. The van der Waals surface area contributed by atoms with E-state index in [1.165, 1.54) is 12.8 Å². The van der Waals surface area contributed by atoms with Crippen molar-refractivity contribution >= 4 is 34.7 Å². The Balaban J connectivity index is 0.000000260. The van der Waals surface area contributed by atoms with E-state index in [0.717, 1.165) is 43.0 Å². The molecule has 4 rings (SSSR count). The molecule has 2 fully saturated rings. The van der Waals surface area contributed by atoms with E-state index in [0.29, 0.717) is 16.5 Å². The first-order valence-electron chi connectivity index (χ1n) is 8.45. The van der Waals surface area contributed by atoms with Gasteiger partial charge in [0.1, 0.15) is 5.52 Å². The van der Waals surface area contributed by atoms with Crippen molar-refractivity contribution in [1.29, 1.82) is 0 Å². The Labute approximate surface area is 158 Å². The number of carbonyl (C=O) groups is 1. The zero-order valence-corrected chi connectivity index (χ0v) is 15.1. The molecule has 1 aliphatic heterocycles. The first-order valence-corrected chi connectivity index (χ1v) is 8.83. The van der Waals surface area contributed by atoms with Gasteiger partial charge < -0.3 is 20.2 Å². The lowest BCUT2D eigenvalue weighted by Gasteiger charge is -2.52. The SMILES string of the molecule is NC1CCC2(CC1)CN(c1nc3cc(Cl)ccc3o1)C2.O=C(O)C(F)(F)F. The lowest BCUT2D eigenvalue weighted by Crippen LogP contribution is -2.58. The monoisotopic (exact) mass is 405 g/mol. The fourth-order valence-electron chi connectivity index (χ4n) is 3.49. The van der Waals surface area contributed by atoms with Crippen molar-refractivity contribution in [3.05, 3.63) is 23.2 Å². The molecule has 10 heteroatoms. The number of benzene rings is 1. The second-order valence-corrected chi connectivity index (χ2v) is 7.54. The fourth-order valence-corrected chi connectivity index (χ4v) is 3.66. The summed E-state index contributed by atoms with van der Waals surface area (Å²) in [7, 11) is 0. The number of rotatable bonds is 1. The third kappa shape index (κ3) is 4.47. The molecule has 0 bridgehead atoms. The minimum atomic E-state index is -5.08. The van der Waals surface area contributed by atoms with Crippen LogP contribution in [-0.2, 0) is 4.79 Å². The molecule has 0 atom stereocenters. The van der Waals surface area contributed by atoms with Gasteiger partial charge in [-0.15, -0.1) is 0 Å². The predicted molar refractivity (Wildman–Crippen MR) is 93.8 cm³/mol. The fraction of sp³-hybridized carbons (Fsp3) is 0.529. The molecule has 1 saturated carbocycles. The number of hydrogen-bond acceptors (Lipinski definition) is 5. The van der Waals surface area contributed by atoms with Crippen molar-refractivity contribution in [2.24, 2.45) is 11.1 Å². The minimum Gasteiger partial charge on any atom is -0.475 e. The standard InChI is InChI=1S/C15H18ClN3O.C2HF3O2/c16-10-1-2-13-12(7-10)18-14(20-13)19-8-15(9-19)5-3-11(17)4-6-15;3-2(4,5)1(6)7/h1-2,7,11H,3-6,8-9,17H2;(H,6,7). The van der Waals surface area contributed by atoms with Crippen LogP contribution >= 0.6 is 11.6 Å². The second-order valence-electron chi connectivity index (χ2n) is 7.10. The smallest absolute Gasteiger partial charge is 0.475 e. The van der Waals surface area contributed by atoms with Gasteiger partial charge in [0.25, 0.3) is 6.01 Å². The molecular weight excluding hydrogens is 387 g/mol. The van der Waals surface area contributed by atoms with Crippen molar-refractivity contribution in [2.45, 2.75) is 37.9 Å². The Kier molecular flexibility index (Phi) is 5.27.